The van der Waals surface area contributed by atoms with Gasteiger partial charge < -0.3 is 5.32 Å². The maximum atomic E-state index is 3.79. The molecule has 0 spiro atoms. The molecule has 0 aliphatic heterocycles. The van der Waals surface area contributed by atoms with Gasteiger partial charge in [-0.2, -0.15) is 0 Å². The first-order valence-corrected chi connectivity index (χ1v) is 6.46. The third kappa shape index (κ3) is 4.45. The second-order valence-corrected chi connectivity index (χ2v) is 5.24. The highest BCUT2D eigenvalue weighted by atomic mass is 14.9. The lowest BCUT2D eigenvalue weighted by molar-refractivity contribution is 0.322. The van der Waals surface area contributed by atoms with E-state index < -0.39 is 0 Å². The van der Waals surface area contributed by atoms with E-state index >= 15 is 0 Å². The molecular formula is C13H27N. The maximum absolute atomic E-state index is 3.79. The van der Waals surface area contributed by atoms with Crippen LogP contribution in [0.2, 0.25) is 0 Å². The van der Waals surface area contributed by atoms with Crippen LogP contribution in [0.4, 0.5) is 0 Å². The SMILES string of the molecule is CC(C)[C@@H](C)NC1CCCCCCC1. The Morgan fingerprint density at radius 1 is 0.857 bits per heavy atom. The van der Waals surface area contributed by atoms with Crippen molar-refractivity contribution in [3.05, 3.63) is 0 Å². The lowest BCUT2D eigenvalue weighted by atomic mass is 9.95. The van der Waals surface area contributed by atoms with E-state index in [-0.39, 0.29) is 0 Å². The summed E-state index contributed by atoms with van der Waals surface area (Å²) in [5.41, 5.74) is 0. The minimum Gasteiger partial charge on any atom is -0.311 e. The third-order valence-corrected chi connectivity index (χ3v) is 3.60. The van der Waals surface area contributed by atoms with E-state index in [0.29, 0.717) is 6.04 Å². The Morgan fingerprint density at radius 2 is 1.36 bits per heavy atom. The normalized spacial score (nSPS) is 23.1. The first kappa shape index (κ1) is 12.0. The van der Waals surface area contributed by atoms with Gasteiger partial charge in [0.25, 0.3) is 0 Å². The van der Waals surface area contributed by atoms with Crippen molar-refractivity contribution >= 4 is 0 Å². The Morgan fingerprint density at radius 3 is 1.86 bits per heavy atom. The summed E-state index contributed by atoms with van der Waals surface area (Å²) in [5, 5.41) is 3.79. The average Bonchev–Trinajstić information content (AvgIpc) is 2.08. The van der Waals surface area contributed by atoms with Crippen LogP contribution in [0.25, 0.3) is 0 Å². The van der Waals surface area contributed by atoms with Gasteiger partial charge in [0.15, 0.2) is 0 Å². The van der Waals surface area contributed by atoms with Crippen molar-refractivity contribution < 1.29 is 0 Å². The van der Waals surface area contributed by atoms with Crippen LogP contribution in [0.1, 0.15) is 65.7 Å². The second kappa shape index (κ2) is 6.44. The summed E-state index contributed by atoms with van der Waals surface area (Å²) < 4.78 is 0. The van der Waals surface area contributed by atoms with Crippen LogP contribution in [-0.4, -0.2) is 12.1 Å². The van der Waals surface area contributed by atoms with Crippen LogP contribution in [-0.2, 0) is 0 Å². The molecule has 0 aromatic carbocycles. The highest BCUT2D eigenvalue weighted by Crippen LogP contribution is 2.18. The average molecular weight is 197 g/mol. The number of nitrogens with one attached hydrogen (secondary N) is 1. The molecule has 0 bridgehead atoms. The number of hydrogen-bond acceptors (Lipinski definition) is 1. The lowest BCUT2D eigenvalue weighted by Gasteiger charge is -2.27. The fourth-order valence-electron chi connectivity index (χ4n) is 2.19. The van der Waals surface area contributed by atoms with Gasteiger partial charge in [-0.25, -0.2) is 0 Å². The predicted octanol–water partition coefficient (Wildman–Crippen LogP) is 3.73. The molecule has 0 heterocycles. The molecule has 1 heteroatoms. The number of rotatable bonds is 3. The Balaban J connectivity index is 2.26. The molecule has 1 aliphatic rings. The maximum Gasteiger partial charge on any atom is 0.00696 e. The fourth-order valence-corrected chi connectivity index (χ4v) is 2.19. The first-order chi connectivity index (χ1) is 6.70. The summed E-state index contributed by atoms with van der Waals surface area (Å²) in [5.74, 6) is 0.764. The van der Waals surface area contributed by atoms with Crippen LogP contribution in [0, 0.1) is 5.92 Å². The van der Waals surface area contributed by atoms with E-state index in [1.165, 1.54) is 44.9 Å². The van der Waals surface area contributed by atoms with Crippen LogP contribution >= 0.6 is 0 Å². The molecule has 1 aliphatic carbocycles. The Kier molecular flexibility index (Phi) is 5.54. The summed E-state index contributed by atoms with van der Waals surface area (Å²) in [4.78, 5) is 0. The molecule has 0 radical (unpaired) electrons. The van der Waals surface area contributed by atoms with Crippen molar-refractivity contribution in [3.63, 3.8) is 0 Å². The zero-order chi connectivity index (χ0) is 10.4. The summed E-state index contributed by atoms with van der Waals surface area (Å²) in [6, 6.07) is 1.48. The van der Waals surface area contributed by atoms with Gasteiger partial charge in [-0.1, -0.05) is 46.0 Å². The van der Waals surface area contributed by atoms with E-state index in [2.05, 4.69) is 26.1 Å². The summed E-state index contributed by atoms with van der Waals surface area (Å²) in [7, 11) is 0. The van der Waals surface area contributed by atoms with Crippen LogP contribution < -0.4 is 5.32 Å². The van der Waals surface area contributed by atoms with Gasteiger partial charge in [-0.05, 0) is 25.7 Å². The topological polar surface area (TPSA) is 12.0 Å². The van der Waals surface area contributed by atoms with Crippen molar-refractivity contribution in [1.82, 2.24) is 5.32 Å². The van der Waals surface area contributed by atoms with E-state index in [1.54, 1.807) is 0 Å². The van der Waals surface area contributed by atoms with Crippen molar-refractivity contribution in [2.45, 2.75) is 77.8 Å². The Bertz CT molecular complexity index is 134. The Labute approximate surface area is 89.7 Å². The second-order valence-electron chi connectivity index (χ2n) is 5.24. The molecule has 0 aromatic rings. The van der Waals surface area contributed by atoms with Crippen LogP contribution in [0.3, 0.4) is 0 Å². The standard InChI is InChI=1S/C13H27N/c1-11(2)12(3)14-13-9-7-5-4-6-8-10-13/h11-14H,4-10H2,1-3H3/t12-/m1/s1. The monoisotopic (exact) mass is 197 g/mol. The van der Waals surface area contributed by atoms with Crippen LogP contribution in [0.15, 0.2) is 0 Å². The molecule has 1 rings (SSSR count). The predicted molar refractivity (Wildman–Crippen MR) is 63.5 cm³/mol. The molecule has 0 saturated heterocycles. The highest BCUT2D eigenvalue weighted by molar-refractivity contribution is 4.74. The summed E-state index contributed by atoms with van der Waals surface area (Å²) >= 11 is 0. The fraction of sp³-hybridized carbons (Fsp3) is 1.00. The molecule has 1 fully saturated rings. The van der Waals surface area contributed by atoms with E-state index in [9.17, 15) is 0 Å². The van der Waals surface area contributed by atoms with Gasteiger partial charge in [-0.15, -0.1) is 0 Å². The van der Waals surface area contributed by atoms with E-state index in [1.807, 2.05) is 0 Å². The number of hydrogen-bond donors (Lipinski definition) is 1. The lowest BCUT2D eigenvalue weighted by Crippen LogP contribution is -2.39. The minimum absolute atomic E-state index is 0.680. The molecule has 0 aromatic heterocycles. The van der Waals surface area contributed by atoms with E-state index in [4.69, 9.17) is 0 Å². The van der Waals surface area contributed by atoms with Gasteiger partial charge in [0.2, 0.25) is 0 Å². The van der Waals surface area contributed by atoms with Gasteiger partial charge in [-0.3, -0.25) is 0 Å². The van der Waals surface area contributed by atoms with Gasteiger partial charge in [0.05, 0.1) is 0 Å². The molecule has 84 valence electrons. The van der Waals surface area contributed by atoms with E-state index in [0.717, 1.165) is 12.0 Å². The quantitative estimate of drug-likeness (QED) is 0.727. The zero-order valence-electron chi connectivity index (χ0n) is 10.2. The molecular weight excluding hydrogens is 170 g/mol. The molecule has 0 amide bonds. The smallest absolute Gasteiger partial charge is 0.00696 e. The van der Waals surface area contributed by atoms with Crippen molar-refractivity contribution in [1.29, 1.82) is 0 Å². The zero-order valence-corrected chi connectivity index (χ0v) is 10.2. The van der Waals surface area contributed by atoms with Gasteiger partial charge in [0.1, 0.15) is 0 Å². The van der Waals surface area contributed by atoms with Crippen molar-refractivity contribution in [3.8, 4) is 0 Å². The minimum atomic E-state index is 0.680. The summed E-state index contributed by atoms with van der Waals surface area (Å²) in [6.45, 7) is 6.94. The molecule has 1 nitrogen and oxygen atoms in total. The van der Waals surface area contributed by atoms with Crippen molar-refractivity contribution in [2.24, 2.45) is 5.92 Å². The molecule has 1 atom stereocenters. The molecule has 0 unspecified atom stereocenters. The summed E-state index contributed by atoms with van der Waals surface area (Å²) in [6.07, 6.45) is 10.0. The highest BCUT2D eigenvalue weighted by Gasteiger charge is 2.15. The molecule has 1 N–H and O–H groups in total. The largest absolute Gasteiger partial charge is 0.311 e. The van der Waals surface area contributed by atoms with Crippen molar-refractivity contribution in [2.75, 3.05) is 0 Å². The molecule has 1 saturated carbocycles. The first-order valence-electron chi connectivity index (χ1n) is 6.46. The van der Waals surface area contributed by atoms with Gasteiger partial charge in [0, 0.05) is 12.1 Å². The van der Waals surface area contributed by atoms with Crippen LogP contribution in [0.5, 0.6) is 0 Å². The third-order valence-electron chi connectivity index (χ3n) is 3.60. The van der Waals surface area contributed by atoms with Gasteiger partial charge >= 0.3 is 0 Å². The molecule has 14 heavy (non-hydrogen) atoms. The Hall–Kier alpha value is -0.0400.